The summed E-state index contributed by atoms with van der Waals surface area (Å²) in [6.07, 6.45) is 3.84. The van der Waals surface area contributed by atoms with Crippen LogP contribution in [0.15, 0.2) is 18.3 Å². The molecule has 126 valence electrons. The van der Waals surface area contributed by atoms with Gasteiger partial charge in [-0.05, 0) is 26.0 Å². The molecule has 1 N–H and O–H groups in total. The summed E-state index contributed by atoms with van der Waals surface area (Å²) in [4.78, 5) is 18.6. The van der Waals surface area contributed by atoms with E-state index in [-0.39, 0.29) is 12.0 Å². The molecule has 3 heterocycles. The van der Waals surface area contributed by atoms with Crippen LogP contribution < -0.4 is 10.2 Å². The summed E-state index contributed by atoms with van der Waals surface area (Å²) in [7, 11) is 2.08. The molecule has 1 amide bonds. The number of hydrogen-bond acceptors (Lipinski definition) is 6. The van der Waals surface area contributed by atoms with Crippen LogP contribution in [0, 0.1) is 0 Å². The third-order valence-electron chi connectivity index (χ3n) is 4.20. The fourth-order valence-electron chi connectivity index (χ4n) is 2.68. The summed E-state index contributed by atoms with van der Waals surface area (Å²) in [6, 6.07) is 3.47. The summed E-state index contributed by atoms with van der Waals surface area (Å²) in [6.45, 7) is 4.90. The summed E-state index contributed by atoms with van der Waals surface area (Å²) < 4.78 is 11.1. The highest BCUT2D eigenvalue weighted by molar-refractivity contribution is 5.93. The zero-order chi connectivity index (χ0) is 16.1. The van der Waals surface area contributed by atoms with Gasteiger partial charge in [-0.25, -0.2) is 9.99 Å². The van der Waals surface area contributed by atoms with E-state index in [1.165, 1.54) is 0 Å². The van der Waals surface area contributed by atoms with Gasteiger partial charge in [-0.15, -0.1) is 0 Å². The maximum atomic E-state index is 12.2. The first-order chi connectivity index (χ1) is 11.2. The van der Waals surface area contributed by atoms with Crippen LogP contribution in [0.1, 0.15) is 23.2 Å². The van der Waals surface area contributed by atoms with Gasteiger partial charge in [0.2, 0.25) is 5.88 Å². The Balaban J connectivity index is 1.47. The van der Waals surface area contributed by atoms with Gasteiger partial charge in [0.25, 0.3) is 5.91 Å². The molecule has 0 radical (unpaired) electrons. The molecule has 3 rings (SSSR count). The van der Waals surface area contributed by atoms with E-state index in [1.54, 1.807) is 18.3 Å². The fraction of sp³-hybridized carbons (Fsp3) is 0.625. The average Bonchev–Trinajstić information content (AvgIpc) is 3.09. The van der Waals surface area contributed by atoms with Crippen LogP contribution in [0.4, 0.5) is 0 Å². The predicted molar refractivity (Wildman–Crippen MR) is 85.2 cm³/mol. The Kier molecular flexibility index (Phi) is 5.43. The molecule has 0 bridgehead atoms. The number of hydrogen-bond donors (Lipinski definition) is 1. The van der Waals surface area contributed by atoms with Crippen molar-refractivity contribution in [2.75, 3.05) is 46.4 Å². The molecule has 2 aliphatic rings. The average molecular weight is 320 g/mol. The van der Waals surface area contributed by atoms with E-state index in [9.17, 15) is 4.79 Å². The van der Waals surface area contributed by atoms with Gasteiger partial charge in [0.15, 0.2) is 0 Å². The van der Waals surface area contributed by atoms with E-state index in [4.69, 9.17) is 9.47 Å². The topological polar surface area (TPSA) is 66.9 Å². The van der Waals surface area contributed by atoms with Gasteiger partial charge in [0.05, 0.1) is 11.7 Å². The number of nitrogens with one attached hydrogen (secondary N) is 1. The van der Waals surface area contributed by atoms with Crippen LogP contribution in [0.3, 0.4) is 0 Å². The molecule has 7 heteroatoms. The Bertz CT molecular complexity index is 509. The summed E-state index contributed by atoms with van der Waals surface area (Å²) >= 11 is 0. The van der Waals surface area contributed by atoms with Crippen molar-refractivity contribution >= 4 is 5.91 Å². The molecule has 0 unspecified atom stereocenters. The van der Waals surface area contributed by atoms with Gasteiger partial charge in [0.1, 0.15) is 6.61 Å². The first-order valence-corrected chi connectivity index (χ1v) is 8.15. The number of nitrogens with zero attached hydrogens (tertiary/aromatic N) is 3. The Morgan fingerprint density at radius 2 is 2.22 bits per heavy atom. The third kappa shape index (κ3) is 4.63. The van der Waals surface area contributed by atoms with Gasteiger partial charge >= 0.3 is 0 Å². The maximum Gasteiger partial charge on any atom is 0.267 e. The predicted octanol–water partition coefficient (Wildman–Crippen LogP) is 0.532. The summed E-state index contributed by atoms with van der Waals surface area (Å²) in [5.41, 5.74) is 3.45. The Morgan fingerprint density at radius 3 is 2.87 bits per heavy atom. The second-order valence-corrected chi connectivity index (χ2v) is 6.06. The highest BCUT2D eigenvalue weighted by Gasteiger charge is 2.18. The zero-order valence-electron chi connectivity index (χ0n) is 13.5. The van der Waals surface area contributed by atoms with Crippen LogP contribution >= 0.6 is 0 Å². The minimum absolute atomic E-state index is 0.132. The molecule has 23 heavy (non-hydrogen) atoms. The minimum Gasteiger partial charge on any atom is -0.475 e. The van der Waals surface area contributed by atoms with E-state index in [2.05, 4.69) is 22.4 Å². The van der Waals surface area contributed by atoms with Crippen molar-refractivity contribution in [2.24, 2.45) is 0 Å². The molecule has 7 nitrogen and oxygen atoms in total. The Morgan fingerprint density at radius 1 is 1.39 bits per heavy atom. The lowest BCUT2D eigenvalue weighted by Gasteiger charge is -2.32. The molecule has 2 saturated heterocycles. The van der Waals surface area contributed by atoms with E-state index >= 15 is 0 Å². The zero-order valence-corrected chi connectivity index (χ0v) is 13.5. The molecule has 0 aliphatic carbocycles. The van der Waals surface area contributed by atoms with Crippen LogP contribution in [0.2, 0.25) is 0 Å². The van der Waals surface area contributed by atoms with Gasteiger partial charge in [-0.2, -0.15) is 0 Å². The van der Waals surface area contributed by atoms with Crippen molar-refractivity contribution in [3.63, 3.8) is 0 Å². The van der Waals surface area contributed by atoms with Crippen LogP contribution in [0.25, 0.3) is 0 Å². The number of hydrazine groups is 1. The molecule has 0 aromatic carbocycles. The van der Waals surface area contributed by atoms with E-state index < -0.39 is 0 Å². The number of carbonyl (C=O) groups excluding carboxylic acids is 1. The van der Waals surface area contributed by atoms with Gasteiger partial charge < -0.3 is 14.4 Å². The van der Waals surface area contributed by atoms with E-state index in [0.717, 1.165) is 45.6 Å². The van der Waals surface area contributed by atoms with Crippen molar-refractivity contribution in [1.29, 1.82) is 0 Å². The monoisotopic (exact) mass is 320 g/mol. The number of carbonyl (C=O) groups is 1. The van der Waals surface area contributed by atoms with E-state index in [1.807, 2.05) is 5.01 Å². The number of ether oxygens (including phenoxy) is 2. The van der Waals surface area contributed by atoms with Crippen LogP contribution in [-0.4, -0.2) is 73.3 Å². The molecule has 0 spiro atoms. The number of piperazine rings is 1. The number of aromatic nitrogens is 1. The van der Waals surface area contributed by atoms with Crippen molar-refractivity contribution in [1.82, 2.24) is 20.3 Å². The second-order valence-electron chi connectivity index (χ2n) is 6.06. The first kappa shape index (κ1) is 16.2. The standard InChI is InChI=1S/C16H24N4O3/c1-19-6-8-20(9-7-19)18-16(21)13-4-5-15(17-11-13)23-12-14-3-2-10-22-14/h4-5,11,14H,2-3,6-10,12H2,1H3,(H,18,21)/t14-/m1/s1. The summed E-state index contributed by atoms with van der Waals surface area (Å²) in [5.74, 6) is 0.393. The molecule has 1 aromatic heterocycles. The quantitative estimate of drug-likeness (QED) is 0.854. The third-order valence-corrected chi connectivity index (χ3v) is 4.20. The highest BCUT2D eigenvalue weighted by atomic mass is 16.5. The number of amides is 1. The number of pyridine rings is 1. The van der Waals surface area contributed by atoms with Crippen molar-refractivity contribution < 1.29 is 14.3 Å². The highest BCUT2D eigenvalue weighted by Crippen LogP contribution is 2.14. The van der Waals surface area contributed by atoms with Gasteiger partial charge in [-0.3, -0.25) is 10.2 Å². The normalized spacial score (nSPS) is 22.9. The SMILES string of the molecule is CN1CCN(NC(=O)c2ccc(OC[C@H]3CCCO3)nc2)CC1. The molecular formula is C16H24N4O3. The van der Waals surface area contributed by atoms with Gasteiger partial charge in [0, 0.05) is 45.0 Å². The lowest BCUT2D eigenvalue weighted by molar-refractivity contribution is 0.0652. The molecule has 1 atom stereocenters. The maximum absolute atomic E-state index is 12.2. The fourth-order valence-corrected chi connectivity index (χ4v) is 2.68. The molecule has 0 saturated carbocycles. The molecule has 2 fully saturated rings. The van der Waals surface area contributed by atoms with Crippen LogP contribution in [0.5, 0.6) is 5.88 Å². The summed E-state index contributed by atoms with van der Waals surface area (Å²) in [5, 5.41) is 1.95. The number of rotatable bonds is 5. The lowest BCUT2D eigenvalue weighted by atomic mass is 10.2. The first-order valence-electron chi connectivity index (χ1n) is 8.15. The van der Waals surface area contributed by atoms with Crippen molar-refractivity contribution in [2.45, 2.75) is 18.9 Å². The van der Waals surface area contributed by atoms with Crippen LogP contribution in [-0.2, 0) is 4.74 Å². The molecule has 2 aliphatic heterocycles. The Hall–Kier alpha value is -1.70. The minimum atomic E-state index is -0.132. The van der Waals surface area contributed by atoms with E-state index in [0.29, 0.717) is 18.1 Å². The number of likely N-dealkylation sites (N-methyl/N-ethyl adjacent to an activating group) is 1. The second kappa shape index (κ2) is 7.72. The molecule has 1 aromatic rings. The Labute approximate surface area is 136 Å². The van der Waals surface area contributed by atoms with Crippen molar-refractivity contribution in [3.8, 4) is 5.88 Å². The molecular weight excluding hydrogens is 296 g/mol. The van der Waals surface area contributed by atoms with Crippen molar-refractivity contribution in [3.05, 3.63) is 23.9 Å². The van der Waals surface area contributed by atoms with Gasteiger partial charge in [-0.1, -0.05) is 0 Å². The smallest absolute Gasteiger partial charge is 0.267 e. The largest absolute Gasteiger partial charge is 0.475 e. The lowest BCUT2D eigenvalue weighted by Crippen LogP contribution is -2.52.